The zero-order chi connectivity index (χ0) is 47.5. The van der Waals surface area contributed by atoms with Gasteiger partial charge in [-0.3, -0.25) is 0 Å². The molecule has 0 aliphatic carbocycles. The van der Waals surface area contributed by atoms with Crippen molar-refractivity contribution in [3.63, 3.8) is 0 Å². The molecule has 4 saturated heterocycles. The lowest BCUT2D eigenvalue weighted by molar-refractivity contribution is -0.359. The predicted molar refractivity (Wildman–Crippen MR) is 223 cm³/mol. The number of aliphatic hydroxyl groups excluding tert-OH is 14. The first-order valence-corrected chi connectivity index (χ1v) is 23.7. The first-order chi connectivity index (χ1) is 31.3. The quantitative estimate of drug-likeness (QED) is 0.0311. The van der Waals surface area contributed by atoms with Crippen molar-refractivity contribution in [2.75, 3.05) is 46.2 Å². The Morgan fingerprint density at radius 3 is 1.03 bits per heavy atom. The second kappa shape index (κ2) is 30.0. The fourth-order valence-corrected chi connectivity index (χ4v) is 8.68. The Kier molecular flexibility index (Phi) is 26.2. The summed E-state index contributed by atoms with van der Waals surface area (Å²) >= 11 is 0. The highest BCUT2D eigenvalue weighted by Gasteiger charge is 2.52. The molecule has 22 heteroatoms. The van der Waals surface area contributed by atoms with Crippen LogP contribution >= 0.6 is 0 Å². The lowest BCUT2D eigenvalue weighted by Gasteiger charge is -2.46. The van der Waals surface area contributed by atoms with Crippen LogP contribution in [0.25, 0.3) is 0 Å². The van der Waals surface area contributed by atoms with Crippen LogP contribution in [-0.2, 0) is 37.9 Å². The molecule has 0 saturated carbocycles. The van der Waals surface area contributed by atoms with Crippen LogP contribution < -0.4 is 0 Å². The summed E-state index contributed by atoms with van der Waals surface area (Å²) in [7, 11) is 0. The smallest absolute Gasteiger partial charge is 0.187 e. The molecule has 0 bridgehead atoms. The Bertz CT molecular complexity index is 1150. The molecular weight excluding hydrogens is 868 g/mol. The number of aliphatic hydroxyl groups is 14. The van der Waals surface area contributed by atoms with E-state index in [2.05, 4.69) is 0 Å². The van der Waals surface area contributed by atoms with Gasteiger partial charge >= 0.3 is 0 Å². The summed E-state index contributed by atoms with van der Waals surface area (Å²) in [6.07, 6.45) is -11.6. The van der Waals surface area contributed by atoms with E-state index in [0.29, 0.717) is 13.0 Å². The zero-order valence-electron chi connectivity index (χ0n) is 37.3. The van der Waals surface area contributed by atoms with Gasteiger partial charge in [-0.1, -0.05) is 89.9 Å². The normalized spacial score (nSPS) is 40.3. The van der Waals surface area contributed by atoms with Crippen LogP contribution in [0, 0.1) is 0 Å². The summed E-state index contributed by atoms with van der Waals surface area (Å²) in [4.78, 5) is 0. The van der Waals surface area contributed by atoms with Crippen LogP contribution in [0.5, 0.6) is 0 Å². The van der Waals surface area contributed by atoms with E-state index in [4.69, 9.17) is 37.9 Å². The van der Waals surface area contributed by atoms with E-state index in [0.717, 1.165) is 51.4 Å². The highest BCUT2D eigenvalue weighted by atomic mass is 16.7. The van der Waals surface area contributed by atoms with Crippen molar-refractivity contribution in [2.45, 2.75) is 225 Å². The molecule has 4 aliphatic heterocycles. The molecule has 22 nitrogen and oxygen atoms in total. The van der Waals surface area contributed by atoms with Crippen LogP contribution in [0.15, 0.2) is 0 Å². The molecule has 4 fully saturated rings. The molecular formula is C43H80O22. The van der Waals surface area contributed by atoms with Gasteiger partial charge in [-0.05, 0) is 12.8 Å². The first kappa shape index (κ1) is 56.7. The Morgan fingerprint density at radius 1 is 0.292 bits per heavy atom. The second-order valence-electron chi connectivity index (χ2n) is 17.8. The Labute approximate surface area is 380 Å². The van der Waals surface area contributed by atoms with Crippen LogP contribution in [0.3, 0.4) is 0 Å². The molecule has 0 aromatic rings. The topological polar surface area (TPSA) is 357 Å². The van der Waals surface area contributed by atoms with E-state index < -0.39 is 149 Å². The molecule has 0 spiro atoms. The molecule has 0 radical (unpaired) electrons. The first-order valence-electron chi connectivity index (χ1n) is 23.7. The third-order valence-corrected chi connectivity index (χ3v) is 12.8. The lowest BCUT2D eigenvalue weighted by atomic mass is 9.94. The van der Waals surface area contributed by atoms with Crippen molar-refractivity contribution in [3.05, 3.63) is 0 Å². The number of hydrogen-bond donors (Lipinski definition) is 14. The number of hydrogen-bond acceptors (Lipinski definition) is 22. The third kappa shape index (κ3) is 16.6. The highest BCUT2D eigenvalue weighted by molar-refractivity contribution is 4.96. The predicted octanol–water partition coefficient (Wildman–Crippen LogP) is -3.45. The van der Waals surface area contributed by atoms with Gasteiger partial charge in [-0.2, -0.15) is 0 Å². The summed E-state index contributed by atoms with van der Waals surface area (Å²) in [5.41, 5.74) is 0. The van der Waals surface area contributed by atoms with Crippen LogP contribution in [0.4, 0.5) is 0 Å². The standard InChI is InChI=1S/C43H80O22/c44-19-24-29(48)32(51)36(55)42(61-24)64-39-26(21-46)60-28(31(50)34(39)53)23-58-17-15-13-11-9-7-5-3-1-2-4-6-8-10-12-14-16-18-59-41-38(57)35(54)40(27(22-47)63-41)65-43-37(56)33(52)30(49)25(20-45)62-43/h24-57H,1-23H2/t24?,25?,26?,27?,28-,29?,30?,31?,32-,33+,34+,35-,36?,37?,38?,39?,40?,41-,42-,43+/m0/s1. The van der Waals surface area contributed by atoms with Gasteiger partial charge in [0.05, 0.1) is 33.0 Å². The van der Waals surface area contributed by atoms with Crippen LogP contribution in [-0.4, -0.2) is 240 Å². The molecule has 14 N–H and O–H groups in total. The van der Waals surface area contributed by atoms with Gasteiger partial charge in [-0.15, -0.1) is 0 Å². The maximum Gasteiger partial charge on any atom is 0.187 e. The molecule has 12 unspecified atom stereocenters. The maximum atomic E-state index is 10.8. The van der Waals surface area contributed by atoms with Gasteiger partial charge in [0.15, 0.2) is 18.9 Å². The molecule has 0 aromatic heterocycles. The van der Waals surface area contributed by atoms with Crippen molar-refractivity contribution in [2.24, 2.45) is 0 Å². The molecule has 20 atom stereocenters. The molecule has 4 aliphatic rings. The van der Waals surface area contributed by atoms with Gasteiger partial charge in [0, 0.05) is 13.2 Å². The maximum absolute atomic E-state index is 10.8. The van der Waals surface area contributed by atoms with Gasteiger partial charge < -0.3 is 109 Å². The van der Waals surface area contributed by atoms with Crippen LogP contribution in [0.1, 0.15) is 103 Å². The van der Waals surface area contributed by atoms with Crippen molar-refractivity contribution in [1.29, 1.82) is 0 Å². The number of ether oxygens (including phenoxy) is 8. The largest absolute Gasteiger partial charge is 0.394 e. The zero-order valence-corrected chi connectivity index (χ0v) is 37.3. The van der Waals surface area contributed by atoms with E-state index in [1.165, 1.54) is 44.9 Å². The monoisotopic (exact) mass is 949 g/mol. The number of unbranched alkanes of at least 4 members (excludes halogenated alkanes) is 15. The second-order valence-corrected chi connectivity index (χ2v) is 17.8. The van der Waals surface area contributed by atoms with E-state index in [9.17, 15) is 71.5 Å². The minimum absolute atomic E-state index is 0.0234. The fourth-order valence-electron chi connectivity index (χ4n) is 8.68. The van der Waals surface area contributed by atoms with E-state index >= 15 is 0 Å². The fraction of sp³-hybridized carbons (Fsp3) is 1.00. The summed E-state index contributed by atoms with van der Waals surface area (Å²) in [6.45, 7) is -1.87. The molecule has 4 heterocycles. The van der Waals surface area contributed by atoms with Gasteiger partial charge in [0.2, 0.25) is 0 Å². The average Bonchev–Trinajstić information content (AvgIpc) is 3.30. The van der Waals surface area contributed by atoms with E-state index in [1.807, 2.05) is 0 Å². The van der Waals surface area contributed by atoms with Gasteiger partial charge in [-0.25, -0.2) is 0 Å². The molecule has 0 amide bonds. The molecule has 4 rings (SSSR count). The average molecular weight is 949 g/mol. The minimum atomic E-state index is -1.73. The Morgan fingerprint density at radius 2 is 0.615 bits per heavy atom. The lowest BCUT2D eigenvalue weighted by Crippen LogP contribution is -2.64. The Balaban J connectivity index is 0.929. The SMILES string of the molecule is OCC1O[C@H](OC2C(CO)O[C@H](OCCCCCCCCCCCCCCCCCCOC[C@@H]3OC(CO)C(O[C@@H]4OC(CO)C(O)[C@H](O)C4O)[C@H](O)C3O)C(O)[C@@H]2O)C(O)[C@H](O)C1O. The van der Waals surface area contributed by atoms with Crippen molar-refractivity contribution < 1.29 is 109 Å². The summed E-state index contributed by atoms with van der Waals surface area (Å²) in [5, 5.41) is 142. The van der Waals surface area contributed by atoms with Crippen molar-refractivity contribution in [3.8, 4) is 0 Å². The Hall–Kier alpha value is -0.880. The molecule has 65 heavy (non-hydrogen) atoms. The van der Waals surface area contributed by atoms with Crippen molar-refractivity contribution in [1.82, 2.24) is 0 Å². The molecule has 384 valence electrons. The number of rotatable bonds is 30. The van der Waals surface area contributed by atoms with Gasteiger partial charge in [0.1, 0.15) is 104 Å². The summed E-state index contributed by atoms with van der Waals surface area (Å²) in [5.74, 6) is 0. The highest BCUT2D eigenvalue weighted by Crippen LogP contribution is 2.31. The third-order valence-electron chi connectivity index (χ3n) is 12.8. The van der Waals surface area contributed by atoms with E-state index in [1.54, 1.807) is 0 Å². The van der Waals surface area contributed by atoms with Crippen LogP contribution in [0.2, 0.25) is 0 Å². The summed E-state index contributed by atoms with van der Waals surface area (Å²) in [6, 6.07) is 0. The van der Waals surface area contributed by atoms with Gasteiger partial charge in [0.25, 0.3) is 0 Å². The van der Waals surface area contributed by atoms with E-state index in [-0.39, 0.29) is 13.2 Å². The van der Waals surface area contributed by atoms with Crippen molar-refractivity contribution >= 4 is 0 Å². The molecule has 0 aromatic carbocycles. The minimum Gasteiger partial charge on any atom is -0.394 e. The summed E-state index contributed by atoms with van der Waals surface area (Å²) < 4.78 is 44.6.